The molecule has 0 unspecified atom stereocenters. The van der Waals surface area contributed by atoms with E-state index in [9.17, 15) is 14.4 Å². The number of hydrogen-bond donors (Lipinski definition) is 1. The lowest BCUT2D eigenvalue weighted by atomic mass is 10.1. The minimum absolute atomic E-state index is 0.167. The highest BCUT2D eigenvalue weighted by atomic mass is 35.5. The van der Waals surface area contributed by atoms with Crippen LogP contribution < -0.4 is 24.4 Å². The zero-order chi connectivity index (χ0) is 24.8. The lowest BCUT2D eigenvalue weighted by Crippen LogP contribution is -2.54. The van der Waals surface area contributed by atoms with E-state index in [0.29, 0.717) is 46.7 Å². The van der Waals surface area contributed by atoms with Gasteiger partial charge in [-0.05, 0) is 60.2 Å². The molecule has 4 rings (SSSR count). The van der Waals surface area contributed by atoms with Gasteiger partial charge in [0.15, 0.2) is 0 Å². The molecule has 1 saturated heterocycles. The van der Waals surface area contributed by atoms with Crippen molar-refractivity contribution in [2.75, 3.05) is 25.2 Å². The zero-order valence-electron chi connectivity index (χ0n) is 18.7. The van der Waals surface area contributed by atoms with Crippen LogP contribution in [-0.2, 0) is 9.59 Å². The maximum atomic E-state index is 12.9. The average Bonchev–Trinajstić information content (AvgIpc) is 2.86. The van der Waals surface area contributed by atoms with Crippen molar-refractivity contribution in [1.82, 2.24) is 5.32 Å². The van der Waals surface area contributed by atoms with Gasteiger partial charge < -0.3 is 14.2 Å². The van der Waals surface area contributed by atoms with Crippen LogP contribution in [0.15, 0.2) is 78.4 Å². The maximum absolute atomic E-state index is 12.9. The third-order valence-electron chi connectivity index (χ3n) is 5.04. The fourth-order valence-electron chi connectivity index (χ4n) is 3.32. The Hall–Kier alpha value is -4.30. The lowest BCUT2D eigenvalue weighted by Gasteiger charge is -2.26. The molecule has 0 spiro atoms. The van der Waals surface area contributed by atoms with Crippen LogP contribution in [0.2, 0.25) is 5.02 Å². The highest BCUT2D eigenvalue weighted by molar-refractivity contribution is 6.39. The second kappa shape index (κ2) is 10.8. The number of urea groups is 1. The zero-order valence-corrected chi connectivity index (χ0v) is 19.5. The second-order valence-electron chi connectivity index (χ2n) is 7.38. The summed E-state index contributed by atoms with van der Waals surface area (Å²) in [7, 11) is 1.59. The molecule has 1 N–H and O–H groups in total. The average molecular weight is 493 g/mol. The molecule has 4 amide bonds. The summed E-state index contributed by atoms with van der Waals surface area (Å²) in [6, 6.07) is 19.5. The van der Waals surface area contributed by atoms with E-state index in [0.717, 1.165) is 4.90 Å². The summed E-state index contributed by atoms with van der Waals surface area (Å²) in [6.45, 7) is 0.652. The van der Waals surface area contributed by atoms with Gasteiger partial charge in [-0.1, -0.05) is 29.8 Å². The van der Waals surface area contributed by atoms with Crippen molar-refractivity contribution in [3.63, 3.8) is 0 Å². The molecular weight excluding hydrogens is 472 g/mol. The Kier molecular flexibility index (Phi) is 7.32. The molecule has 1 fully saturated rings. The van der Waals surface area contributed by atoms with Gasteiger partial charge in [-0.2, -0.15) is 0 Å². The molecule has 0 saturated carbocycles. The van der Waals surface area contributed by atoms with Gasteiger partial charge in [-0.3, -0.25) is 14.9 Å². The molecule has 1 aliphatic heterocycles. The van der Waals surface area contributed by atoms with Gasteiger partial charge in [0.05, 0.1) is 12.8 Å². The van der Waals surface area contributed by atoms with Gasteiger partial charge in [0.1, 0.15) is 36.0 Å². The summed E-state index contributed by atoms with van der Waals surface area (Å²) < 4.78 is 16.5. The van der Waals surface area contributed by atoms with Crippen LogP contribution in [0.3, 0.4) is 0 Å². The molecule has 0 radical (unpaired) electrons. The first-order valence-corrected chi connectivity index (χ1v) is 11.0. The number of hydrogen-bond acceptors (Lipinski definition) is 6. The SMILES string of the molecule is COc1cccc(OCCOc2ccc(/C=C3\C(=O)NC(=O)N(c4ccc(Cl)cc4)C3=O)cc2)c1. The van der Waals surface area contributed by atoms with E-state index in [2.05, 4.69) is 5.32 Å². The number of carbonyl (C=O) groups is 3. The largest absolute Gasteiger partial charge is 0.497 e. The Bertz CT molecular complexity index is 1270. The molecule has 3 aromatic carbocycles. The predicted molar refractivity (Wildman–Crippen MR) is 131 cm³/mol. The van der Waals surface area contributed by atoms with E-state index in [4.69, 9.17) is 25.8 Å². The number of halogens is 1. The monoisotopic (exact) mass is 492 g/mol. The van der Waals surface area contributed by atoms with Crippen molar-refractivity contribution in [2.24, 2.45) is 0 Å². The fraction of sp³-hybridized carbons (Fsp3) is 0.115. The van der Waals surface area contributed by atoms with Crippen LogP contribution in [0, 0.1) is 0 Å². The summed E-state index contributed by atoms with van der Waals surface area (Å²) >= 11 is 5.88. The number of rotatable bonds is 8. The third-order valence-corrected chi connectivity index (χ3v) is 5.29. The number of carbonyl (C=O) groups excluding carboxylic acids is 3. The van der Waals surface area contributed by atoms with Gasteiger partial charge in [0.25, 0.3) is 11.8 Å². The Morgan fingerprint density at radius 1 is 0.857 bits per heavy atom. The molecule has 0 bridgehead atoms. The smallest absolute Gasteiger partial charge is 0.335 e. The molecule has 0 aromatic heterocycles. The quantitative estimate of drug-likeness (QED) is 0.283. The lowest BCUT2D eigenvalue weighted by molar-refractivity contribution is -0.122. The van der Waals surface area contributed by atoms with Gasteiger partial charge in [-0.15, -0.1) is 0 Å². The van der Waals surface area contributed by atoms with Crippen LogP contribution in [0.1, 0.15) is 5.56 Å². The summed E-state index contributed by atoms with van der Waals surface area (Å²) in [4.78, 5) is 38.4. The number of ether oxygens (including phenoxy) is 3. The number of nitrogens with zero attached hydrogens (tertiary/aromatic N) is 1. The predicted octanol–water partition coefficient (Wildman–Crippen LogP) is 4.47. The van der Waals surface area contributed by atoms with Gasteiger partial charge in [-0.25, -0.2) is 9.69 Å². The number of methoxy groups -OCH3 is 1. The van der Waals surface area contributed by atoms with Gasteiger partial charge >= 0.3 is 6.03 Å². The highest BCUT2D eigenvalue weighted by Crippen LogP contribution is 2.24. The third kappa shape index (κ3) is 5.80. The molecule has 1 heterocycles. The molecular formula is C26H21ClN2O6. The van der Waals surface area contributed by atoms with Crippen LogP contribution in [0.4, 0.5) is 10.5 Å². The first-order chi connectivity index (χ1) is 16.9. The standard InChI is InChI=1S/C26H21ClN2O6/c1-33-21-3-2-4-22(16-21)35-14-13-34-20-11-5-17(6-12-20)15-23-24(30)28-26(32)29(25(23)31)19-9-7-18(27)8-10-19/h2-12,15-16H,13-14H2,1H3,(H,28,30,32)/b23-15+. The first-order valence-electron chi connectivity index (χ1n) is 10.6. The number of imide groups is 2. The Morgan fingerprint density at radius 2 is 1.51 bits per heavy atom. The molecule has 35 heavy (non-hydrogen) atoms. The summed E-state index contributed by atoms with van der Waals surface area (Å²) in [5.74, 6) is 0.491. The minimum atomic E-state index is -0.820. The topological polar surface area (TPSA) is 94.2 Å². The highest BCUT2D eigenvalue weighted by Gasteiger charge is 2.36. The van der Waals surface area contributed by atoms with Crippen LogP contribution >= 0.6 is 11.6 Å². The number of benzene rings is 3. The molecule has 1 aliphatic rings. The van der Waals surface area contributed by atoms with E-state index in [-0.39, 0.29) is 5.57 Å². The van der Waals surface area contributed by atoms with Crippen LogP contribution in [-0.4, -0.2) is 38.2 Å². The first kappa shape index (κ1) is 23.8. The minimum Gasteiger partial charge on any atom is -0.497 e. The number of nitrogens with one attached hydrogen (secondary N) is 1. The summed E-state index contributed by atoms with van der Waals surface area (Å²) in [5, 5.41) is 2.65. The molecule has 0 aliphatic carbocycles. The van der Waals surface area contributed by atoms with E-state index in [1.54, 1.807) is 49.6 Å². The molecule has 8 nitrogen and oxygen atoms in total. The van der Waals surface area contributed by atoms with Gasteiger partial charge in [0.2, 0.25) is 0 Å². The van der Waals surface area contributed by atoms with Crippen molar-refractivity contribution in [1.29, 1.82) is 0 Å². The van der Waals surface area contributed by atoms with Crippen molar-refractivity contribution < 1.29 is 28.6 Å². The number of barbiturate groups is 1. The van der Waals surface area contributed by atoms with Crippen LogP contribution in [0.25, 0.3) is 6.08 Å². The Balaban J connectivity index is 1.38. The Labute approximate surface area is 206 Å². The molecule has 3 aromatic rings. The van der Waals surface area contributed by atoms with Crippen molar-refractivity contribution >= 4 is 41.2 Å². The maximum Gasteiger partial charge on any atom is 0.335 e. The van der Waals surface area contributed by atoms with Crippen molar-refractivity contribution in [3.8, 4) is 17.2 Å². The number of anilines is 1. The van der Waals surface area contributed by atoms with Gasteiger partial charge in [0, 0.05) is 11.1 Å². The summed E-state index contributed by atoms with van der Waals surface area (Å²) in [5.41, 5.74) is 0.726. The summed E-state index contributed by atoms with van der Waals surface area (Å²) in [6.07, 6.45) is 1.42. The van der Waals surface area contributed by atoms with E-state index >= 15 is 0 Å². The van der Waals surface area contributed by atoms with Crippen molar-refractivity contribution in [2.45, 2.75) is 0 Å². The molecule has 9 heteroatoms. The Morgan fingerprint density at radius 3 is 2.20 bits per heavy atom. The van der Waals surface area contributed by atoms with Crippen LogP contribution in [0.5, 0.6) is 17.2 Å². The van der Waals surface area contributed by atoms with Crippen molar-refractivity contribution in [3.05, 3.63) is 89.0 Å². The molecule has 178 valence electrons. The van der Waals surface area contributed by atoms with E-state index in [1.165, 1.54) is 18.2 Å². The fourth-order valence-corrected chi connectivity index (χ4v) is 3.45. The van der Waals surface area contributed by atoms with E-state index in [1.807, 2.05) is 18.2 Å². The number of amides is 4. The molecule has 0 atom stereocenters. The van der Waals surface area contributed by atoms with E-state index < -0.39 is 17.8 Å². The second-order valence-corrected chi connectivity index (χ2v) is 7.82. The normalized spacial score (nSPS) is 14.6.